The lowest BCUT2D eigenvalue weighted by atomic mass is 9.65. The maximum atomic E-state index is 12.7. The Balaban J connectivity index is 2.11. The van der Waals surface area contributed by atoms with Crippen LogP contribution in [0.1, 0.15) is 56.8 Å². The third-order valence-corrected chi connectivity index (χ3v) is 5.26. The highest BCUT2D eigenvalue weighted by atomic mass is 16.5. The highest BCUT2D eigenvalue weighted by Gasteiger charge is 2.46. The maximum Gasteiger partial charge on any atom is 0.338 e. The second kappa shape index (κ2) is 8.30. The van der Waals surface area contributed by atoms with E-state index >= 15 is 0 Å². The van der Waals surface area contributed by atoms with Crippen molar-refractivity contribution in [2.24, 2.45) is 5.41 Å². The number of nitrogens with one attached hydrogen (secondary N) is 1. The zero-order chi connectivity index (χ0) is 19.3. The van der Waals surface area contributed by atoms with Gasteiger partial charge in [0.05, 0.1) is 12.2 Å². The Kier molecular flexibility index (Phi) is 6.35. The average Bonchev–Trinajstić information content (AvgIpc) is 2.66. The Bertz CT molecular complexity index is 701. The number of ether oxygens (including phenoxy) is 1. The van der Waals surface area contributed by atoms with E-state index in [0.29, 0.717) is 29.9 Å². The molecule has 1 aliphatic carbocycles. The number of hydrogen-bond donors (Lipinski definition) is 1. The van der Waals surface area contributed by atoms with E-state index < -0.39 is 11.5 Å². The lowest BCUT2D eigenvalue weighted by molar-refractivity contribution is -0.131. The van der Waals surface area contributed by atoms with Crippen LogP contribution in [0.3, 0.4) is 0 Å². The molecular formula is C21H27NO4. The lowest BCUT2D eigenvalue weighted by Gasteiger charge is -2.39. The van der Waals surface area contributed by atoms with Crippen molar-refractivity contribution in [2.75, 3.05) is 11.9 Å². The van der Waals surface area contributed by atoms with E-state index in [0.717, 1.165) is 19.3 Å². The van der Waals surface area contributed by atoms with Gasteiger partial charge in [-0.3, -0.25) is 9.59 Å². The molecule has 0 radical (unpaired) electrons. The molecule has 1 unspecified atom stereocenters. The minimum Gasteiger partial charge on any atom is -0.462 e. The number of Topliss-reactive ketones (excluding diaryl/α,β-unsaturated/α-hetero) is 2. The lowest BCUT2D eigenvalue weighted by Crippen LogP contribution is -2.49. The van der Waals surface area contributed by atoms with Crippen molar-refractivity contribution in [1.29, 1.82) is 0 Å². The monoisotopic (exact) mass is 357 g/mol. The maximum absolute atomic E-state index is 12.7. The molecule has 0 saturated heterocycles. The molecule has 1 fully saturated rings. The molecule has 140 valence electrons. The number of hydrogen-bond acceptors (Lipinski definition) is 5. The van der Waals surface area contributed by atoms with Gasteiger partial charge >= 0.3 is 5.97 Å². The molecule has 2 rings (SSSR count). The fourth-order valence-corrected chi connectivity index (χ4v) is 3.34. The Morgan fingerprint density at radius 3 is 2.35 bits per heavy atom. The van der Waals surface area contributed by atoms with Crippen LogP contribution < -0.4 is 5.32 Å². The van der Waals surface area contributed by atoms with Gasteiger partial charge in [-0.25, -0.2) is 4.79 Å². The molecule has 1 N–H and O–H groups in total. The molecule has 1 aliphatic rings. The third kappa shape index (κ3) is 3.87. The molecule has 0 aromatic heterocycles. The minimum atomic E-state index is -0.911. The SMILES string of the molecule is C=C1C(=O)C(Nc2ccc(C(=O)OCCC)cc2)C(=O)CC1(CC)CC. The van der Waals surface area contributed by atoms with Crippen LogP contribution in [0.5, 0.6) is 0 Å². The molecule has 1 atom stereocenters. The third-order valence-electron chi connectivity index (χ3n) is 5.26. The largest absolute Gasteiger partial charge is 0.462 e. The van der Waals surface area contributed by atoms with Gasteiger partial charge in [0.15, 0.2) is 11.6 Å². The number of ketones is 2. The standard InChI is InChI=1S/C21H27NO4/c1-5-12-26-20(25)15-8-10-16(11-9-15)22-18-17(23)13-21(6-2,7-3)14(4)19(18)24/h8-11,18,22H,4-7,12-13H2,1-3H3. The van der Waals surface area contributed by atoms with Gasteiger partial charge in [-0.15, -0.1) is 0 Å². The fourth-order valence-electron chi connectivity index (χ4n) is 3.34. The summed E-state index contributed by atoms with van der Waals surface area (Å²) in [6, 6.07) is 5.68. The van der Waals surface area contributed by atoms with Crippen molar-refractivity contribution in [3.05, 3.63) is 42.0 Å². The Hall–Kier alpha value is -2.43. The number of rotatable bonds is 7. The molecule has 0 bridgehead atoms. The molecule has 5 heteroatoms. The average molecular weight is 357 g/mol. The molecule has 5 nitrogen and oxygen atoms in total. The Morgan fingerprint density at radius 1 is 1.19 bits per heavy atom. The molecular weight excluding hydrogens is 330 g/mol. The van der Waals surface area contributed by atoms with Gasteiger partial charge < -0.3 is 10.1 Å². The summed E-state index contributed by atoms with van der Waals surface area (Å²) in [5.41, 5.74) is 1.15. The quantitative estimate of drug-likeness (QED) is 0.455. The molecule has 1 aromatic carbocycles. The van der Waals surface area contributed by atoms with E-state index in [9.17, 15) is 14.4 Å². The number of carbonyl (C=O) groups is 3. The van der Waals surface area contributed by atoms with Crippen LogP contribution in [0.15, 0.2) is 36.4 Å². The Morgan fingerprint density at radius 2 is 1.81 bits per heavy atom. The van der Waals surface area contributed by atoms with Crippen LogP contribution >= 0.6 is 0 Å². The first-order chi connectivity index (χ1) is 12.4. The van der Waals surface area contributed by atoms with Gasteiger partial charge in [0.1, 0.15) is 6.04 Å². The van der Waals surface area contributed by atoms with Gasteiger partial charge in [-0.2, -0.15) is 0 Å². The van der Waals surface area contributed by atoms with Crippen molar-refractivity contribution < 1.29 is 19.1 Å². The van der Waals surface area contributed by atoms with Crippen molar-refractivity contribution in [3.63, 3.8) is 0 Å². The predicted octanol–water partition coefficient (Wildman–Crippen LogP) is 3.94. The van der Waals surface area contributed by atoms with E-state index in [-0.39, 0.29) is 17.5 Å². The van der Waals surface area contributed by atoms with Gasteiger partial charge in [-0.1, -0.05) is 27.4 Å². The molecule has 26 heavy (non-hydrogen) atoms. The van der Waals surface area contributed by atoms with Gasteiger partial charge in [0.2, 0.25) is 0 Å². The highest BCUT2D eigenvalue weighted by Crippen LogP contribution is 2.42. The summed E-state index contributed by atoms with van der Waals surface area (Å²) in [6.45, 7) is 10.3. The van der Waals surface area contributed by atoms with Crippen LogP contribution in [-0.2, 0) is 14.3 Å². The van der Waals surface area contributed by atoms with Crippen molar-refractivity contribution in [2.45, 2.75) is 52.5 Å². The van der Waals surface area contributed by atoms with E-state index in [1.54, 1.807) is 24.3 Å². The first-order valence-electron chi connectivity index (χ1n) is 9.18. The second-order valence-corrected chi connectivity index (χ2v) is 6.76. The van der Waals surface area contributed by atoms with E-state index in [4.69, 9.17) is 4.74 Å². The highest BCUT2D eigenvalue weighted by molar-refractivity contribution is 6.19. The topological polar surface area (TPSA) is 72.5 Å². The van der Waals surface area contributed by atoms with E-state index in [1.165, 1.54) is 0 Å². The van der Waals surface area contributed by atoms with E-state index in [1.807, 2.05) is 20.8 Å². The summed E-state index contributed by atoms with van der Waals surface area (Å²) in [5, 5.41) is 2.99. The normalized spacial score (nSPS) is 19.3. The molecule has 1 aromatic rings. The minimum absolute atomic E-state index is 0.113. The van der Waals surface area contributed by atoms with Crippen molar-refractivity contribution in [3.8, 4) is 0 Å². The summed E-state index contributed by atoms with van der Waals surface area (Å²) in [5.74, 6) is -0.735. The van der Waals surface area contributed by atoms with Crippen molar-refractivity contribution in [1.82, 2.24) is 0 Å². The molecule has 0 aliphatic heterocycles. The molecule has 1 saturated carbocycles. The van der Waals surface area contributed by atoms with Gasteiger partial charge in [-0.05, 0) is 49.1 Å². The first-order valence-corrected chi connectivity index (χ1v) is 9.18. The summed E-state index contributed by atoms with van der Waals surface area (Å²) in [6.07, 6.45) is 2.53. The number of anilines is 1. The smallest absolute Gasteiger partial charge is 0.338 e. The predicted molar refractivity (Wildman–Crippen MR) is 101 cm³/mol. The van der Waals surface area contributed by atoms with Gasteiger partial charge in [0.25, 0.3) is 0 Å². The summed E-state index contributed by atoms with van der Waals surface area (Å²) < 4.78 is 5.08. The summed E-state index contributed by atoms with van der Waals surface area (Å²) in [4.78, 5) is 37.1. The summed E-state index contributed by atoms with van der Waals surface area (Å²) in [7, 11) is 0. The van der Waals surface area contributed by atoms with Crippen LogP contribution in [0.25, 0.3) is 0 Å². The van der Waals surface area contributed by atoms with Crippen LogP contribution in [0, 0.1) is 5.41 Å². The number of esters is 1. The van der Waals surface area contributed by atoms with Crippen LogP contribution in [0.4, 0.5) is 5.69 Å². The fraction of sp³-hybridized carbons (Fsp3) is 0.476. The Labute approximate surface area is 154 Å². The van der Waals surface area contributed by atoms with E-state index in [2.05, 4.69) is 11.9 Å². The van der Waals surface area contributed by atoms with Crippen LogP contribution in [0.2, 0.25) is 0 Å². The zero-order valence-electron chi connectivity index (χ0n) is 15.8. The van der Waals surface area contributed by atoms with Crippen molar-refractivity contribution >= 4 is 23.2 Å². The number of benzene rings is 1. The zero-order valence-corrected chi connectivity index (χ0v) is 15.8. The van der Waals surface area contributed by atoms with Crippen LogP contribution in [-0.4, -0.2) is 30.2 Å². The first kappa shape index (κ1) is 19.9. The number of carbonyl (C=O) groups excluding carboxylic acids is 3. The summed E-state index contributed by atoms with van der Waals surface area (Å²) >= 11 is 0. The molecule has 0 amide bonds. The second-order valence-electron chi connectivity index (χ2n) is 6.76. The molecule has 0 heterocycles. The van der Waals surface area contributed by atoms with Gasteiger partial charge in [0, 0.05) is 17.5 Å². The molecule has 0 spiro atoms.